The number of carboxylic acid groups (broad SMARTS) is 1. The molecule has 0 aliphatic carbocycles. The van der Waals surface area contributed by atoms with Crippen LogP contribution < -0.4 is 0 Å². The Balaban J connectivity index is 1.80. The van der Waals surface area contributed by atoms with Crippen molar-refractivity contribution in [1.82, 2.24) is 0 Å². The Kier molecular flexibility index (Phi) is 3.63. The molecule has 2 saturated heterocycles. The van der Waals surface area contributed by atoms with Crippen LogP contribution in [0.1, 0.15) is 19.8 Å². The summed E-state index contributed by atoms with van der Waals surface area (Å²) in [6.45, 7) is 2.97. The molecule has 2 aliphatic heterocycles. The van der Waals surface area contributed by atoms with Crippen molar-refractivity contribution in [1.29, 1.82) is 0 Å². The number of carboxylic acids is 1. The molecule has 0 bridgehead atoms. The molecule has 6 nitrogen and oxygen atoms in total. The molecule has 0 aromatic rings. The largest absolute Gasteiger partial charge is 0.481 e. The van der Waals surface area contributed by atoms with Crippen LogP contribution in [0.4, 0.5) is 0 Å². The lowest BCUT2D eigenvalue weighted by molar-refractivity contribution is -0.156. The summed E-state index contributed by atoms with van der Waals surface area (Å²) in [6.07, 6.45) is -0.923. The molecule has 0 aromatic carbocycles. The minimum absolute atomic E-state index is 0.00715. The lowest BCUT2D eigenvalue weighted by atomic mass is 10.0. The van der Waals surface area contributed by atoms with Crippen LogP contribution in [0.5, 0.6) is 0 Å². The molecule has 6 heteroatoms. The lowest BCUT2D eigenvalue weighted by Gasteiger charge is -2.16. The Labute approximate surface area is 98.8 Å². The number of hydrogen-bond donors (Lipinski definition) is 1. The van der Waals surface area contributed by atoms with Gasteiger partial charge in [-0.3, -0.25) is 9.59 Å². The van der Waals surface area contributed by atoms with Crippen molar-refractivity contribution in [3.63, 3.8) is 0 Å². The molecule has 0 unspecified atom stereocenters. The molecule has 2 aliphatic rings. The first-order valence-corrected chi connectivity index (χ1v) is 5.72. The number of carbonyl (C=O) groups excluding carboxylic acids is 1. The first kappa shape index (κ1) is 12.3. The summed E-state index contributed by atoms with van der Waals surface area (Å²) in [5, 5.41) is 8.45. The van der Waals surface area contributed by atoms with Crippen LogP contribution in [0.2, 0.25) is 0 Å². The van der Waals surface area contributed by atoms with Crippen molar-refractivity contribution in [2.75, 3.05) is 13.2 Å². The summed E-state index contributed by atoms with van der Waals surface area (Å²) in [5.74, 6) is -1.21. The maximum atomic E-state index is 11.4. The summed E-state index contributed by atoms with van der Waals surface area (Å²) < 4.78 is 16.2. The second kappa shape index (κ2) is 5.01. The molecule has 0 amide bonds. The highest BCUT2D eigenvalue weighted by atomic mass is 16.6. The summed E-state index contributed by atoms with van der Waals surface area (Å²) in [5.41, 5.74) is 0. The maximum absolute atomic E-state index is 11.4. The molecule has 2 rings (SSSR count). The lowest BCUT2D eigenvalue weighted by Crippen LogP contribution is -2.32. The van der Waals surface area contributed by atoms with Gasteiger partial charge in [0.05, 0.1) is 32.2 Å². The monoisotopic (exact) mass is 244 g/mol. The second-order valence-corrected chi connectivity index (χ2v) is 4.50. The topological polar surface area (TPSA) is 82.1 Å². The van der Waals surface area contributed by atoms with Crippen LogP contribution in [0, 0.1) is 5.92 Å². The van der Waals surface area contributed by atoms with E-state index in [9.17, 15) is 9.59 Å². The number of esters is 1. The predicted octanol–water partition coefficient (Wildman–Crippen LogP) is 0.197. The van der Waals surface area contributed by atoms with Gasteiger partial charge in [0.2, 0.25) is 0 Å². The number of ether oxygens (including phenoxy) is 3. The summed E-state index contributed by atoms with van der Waals surface area (Å²) in [6, 6.07) is 0. The molecular weight excluding hydrogens is 228 g/mol. The molecule has 0 radical (unpaired) electrons. The van der Waals surface area contributed by atoms with Crippen molar-refractivity contribution >= 4 is 11.9 Å². The molecule has 2 fully saturated rings. The first-order valence-electron chi connectivity index (χ1n) is 5.72. The Morgan fingerprint density at radius 3 is 2.65 bits per heavy atom. The van der Waals surface area contributed by atoms with Gasteiger partial charge in [-0.2, -0.15) is 0 Å². The molecular formula is C11H16O6. The number of rotatable bonds is 4. The van der Waals surface area contributed by atoms with E-state index >= 15 is 0 Å². The van der Waals surface area contributed by atoms with Crippen LogP contribution >= 0.6 is 0 Å². The molecule has 0 spiro atoms. The van der Waals surface area contributed by atoms with Gasteiger partial charge in [-0.1, -0.05) is 6.92 Å². The second-order valence-electron chi connectivity index (χ2n) is 4.50. The van der Waals surface area contributed by atoms with E-state index < -0.39 is 18.0 Å². The van der Waals surface area contributed by atoms with E-state index in [4.69, 9.17) is 19.3 Å². The smallest absolute Gasteiger partial charge is 0.306 e. The van der Waals surface area contributed by atoms with Crippen molar-refractivity contribution in [2.24, 2.45) is 5.92 Å². The fraction of sp³-hybridized carbons (Fsp3) is 0.818. The van der Waals surface area contributed by atoms with Crippen molar-refractivity contribution < 1.29 is 28.9 Å². The summed E-state index contributed by atoms with van der Waals surface area (Å²) in [7, 11) is 0. The normalized spacial score (nSPS) is 35.6. The molecule has 17 heavy (non-hydrogen) atoms. The standard InChI is InChI=1S/C11H16O6/c1-6-4-15-11-7(5-16-10(6)11)17-9(14)3-2-8(12)13/h6-7,10-11H,2-5H2,1H3,(H,12,13)/t6-,7+,10+,11+/m0/s1. The van der Waals surface area contributed by atoms with Crippen LogP contribution in [-0.4, -0.2) is 48.6 Å². The molecule has 0 aromatic heterocycles. The van der Waals surface area contributed by atoms with E-state index in [2.05, 4.69) is 0 Å². The van der Waals surface area contributed by atoms with E-state index in [0.29, 0.717) is 19.1 Å². The van der Waals surface area contributed by atoms with Gasteiger partial charge >= 0.3 is 11.9 Å². The van der Waals surface area contributed by atoms with Gasteiger partial charge in [-0.05, 0) is 0 Å². The van der Waals surface area contributed by atoms with Crippen molar-refractivity contribution in [3.8, 4) is 0 Å². The Hall–Kier alpha value is -1.14. The quantitative estimate of drug-likeness (QED) is 0.711. The van der Waals surface area contributed by atoms with E-state index in [1.807, 2.05) is 6.92 Å². The van der Waals surface area contributed by atoms with E-state index in [-0.39, 0.29) is 25.0 Å². The highest BCUT2D eigenvalue weighted by molar-refractivity contribution is 5.76. The molecule has 0 saturated carbocycles. The van der Waals surface area contributed by atoms with Crippen LogP contribution in [-0.2, 0) is 23.8 Å². The fourth-order valence-electron chi connectivity index (χ4n) is 2.19. The average molecular weight is 244 g/mol. The third-order valence-electron chi connectivity index (χ3n) is 3.08. The Morgan fingerprint density at radius 2 is 1.94 bits per heavy atom. The SMILES string of the molecule is C[C@H]1CO[C@H]2[C@@H]1OC[C@H]2OC(=O)CCC(=O)O. The minimum Gasteiger partial charge on any atom is -0.481 e. The zero-order valence-corrected chi connectivity index (χ0v) is 9.63. The molecule has 4 atom stereocenters. The van der Waals surface area contributed by atoms with Gasteiger partial charge in [0.1, 0.15) is 6.10 Å². The van der Waals surface area contributed by atoms with Gasteiger partial charge in [0, 0.05) is 5.92 Å². The van der Waals surface area contributed by atoms with E-state index in [1.165, 1.54) is 0 Å². The van der Waals surface area contributed by atoms with Gasteiger partial charge in [-0.15, -0.1) is 0 Å². The maximum Gasteiger partial charge on any atom is 0.306 e. The van der Waals surface area contributed by atoms with Crippen LogP contribution in [0.15, 0.2) is 0 Å². The van der Waals surface area contributed by atoms with Gasteiger partial charge < -0.3 is 19.3 Å². The zero-order valence-electron chi connectivity index (χ0n) is 9.63. The molecule has 1 N–H and O–H groups in total. The number of carbonyl (C=O) groups is 2. The Bertz CT molecular complexity index is 315. The summed E-state index contributed by atoms with van der Waals surface area (Å²) >= 11 is 0. The van der Waals surface area contributed by atoms with Gasteiger partial charge in [0.25, 0.3) is 0 Å². The fourth-order valence-corrected chi connectivity index (χ4v) is 2.19. The minimum atomic E-state index is -1.01. The van der Waals surface area contributed by atoms with E-state index in [1.54, 1.807) is 0 Å². The number of aliphatic carboxylic acids is 1. The van der Waals surface area contributed by atoms with Gasteiger partial charge in [-0.25, -0.2) is 0 Å². The predicted molar refractivity (Wildman–Crippen MR) is 55.4 cm³/mol. The third kappa shape index (κ3) is 2.76. The van der Waals surface area contributed by atoms with E-state index in [0.717, 1.165) is 0 Å². The molecule has 96 valence electrons. The highest BCUT2D eigenvalue weighted by Crippen LogP contribution is 2.32. The zero-order chi connectivity index (χ0) is 12.4. The highest BCUT2D eigenvalue weighted by Gasteiger charge is 2.47. The van der Waals surface area contributed by atoms with Crippen molar-refractivity contribution in [2.45, 2.75) is 38.1 Å². The number of hydrogen-bond acceptors (Lipinski definition) is 5. The van der Waals surface area contributed by atoms with Gasteiger partial charge in [0.15, 0.2) is 6.10 Å². The third-order valence-corrected chi connectivity index (χ3v) is 3.08. The van der Waals surface area contributed by atoms with Crippen molar-refractivity contribution in [3.05, 3.63) is 0 Å². The molecule has 2 heterocycles. The van der Waals surface area contributed by atoms with Crippen LogP contribution in [0.25, 0.3) is 0 Å². The first-order chi connectivity index (χ1) is 8.08. The Morgan fingerprint density at radius 1 is 1.24 bits per heavy atom. The number of fused-ring (bicyclic) bond motifs is 1. The summed E-state index contributed by atoms with van der Waals surface area (Å²) in [4.78, 5) is 21.7. The average Bonchev–Trinajstić information content (AvgIpc) is 2.81. The van der Waals surface area contributed by atoms with Crippen LogP contribution in [0.3, 0.4) is 0 Å².